The molecule has 0 bridgehead atoms. The number of aryl methyl sites for hydroxylation is 1. The van der Waals surface area contributed by atoms with E-state index in [0.717, 1.165) is 31.2 Å². The lowest BCUT2D eigenvalue weighted by molar-refractivity contribution is -0.403. The summed E-state index contributed by atoms with van der Waals surface area (Å²) in [4.78, 5) is 14.1. The molecule has 0 fully saturated rings. The molecule has 0 saturated carbocycles. The van der Waals surface area contributed by atoms with Gasteiger partial charge in [0.1, 0.15) is 5.03 Å². The quantitative estimate of drug-likeness (QED) is 0.454. The standard InChI is InChI=1S/C12H16ClN3O2S/c1-19-12(9-16(17)18)15-7-3-2-6-11-10(13)5-4-8-14-11/h4-5,8-9,15H,2-3,6-7H2,1H3/b12-9+. The van der Waals surface area contributed by atoms with Crippen molar-refractivity contribution in [1.82, 2.24) is 10.3 Å². The number of unbranched alkanes of at least 4 members (excludes halogenated alkanes) is 1. The molecule has 0 atom stereocenters. The molecule has 0 unspecified atom stereocenters. The van der Waals surface area contributed by atoms with Crippen LogP contribution >= 0.6 is 23.4 Å². The number of nitro groups is 1. The smallest absolute Gasteiger partial charge is 0.263 e. The fraction of sp³-hybridized carbons (Fsp3) is 0.417. The van der Waals surface area contributed by atoms with Gasteiger partial charge in [-0.3, -0.25) is 15.1 Å². The lowest BCUT2D eigenvalue weighted by atomic mass is 10.2. The molecular weight excluding hydrogens is 286 g/mol. The molecule has 5 nitrogen and oxygen atoms in total. The fourth-order valence-corrected chi connectivity index (χ4v) is 2.15. The Morgan fingerprint density at radius 3 is 3.05 bits per heavy atom. The number of pyridine rings is 1. The largest absolute Gasteiger partial charge is 0.375 e. The lowest BCUT2D eigenvalue weighted by Crippen LogP contribution is -2.14. The highest BCUT2D eigenvalue weighted by Crippen LogP contribution is 2.14. The molecule has 7 heteroatoms. The Kier molecular flexibility index (Phi) is 7.28. The zero-order chi connectivity index (χ0) is 14.1. The Hall–Kier alpha value is -1.27. The Morgan fingerprint density at radius 1 is 1.63 bits per heavy atom. The molecule has 0 aliphatic rings. The van der Waals surface area contributed by atoms with E-state index in [2.05, 4.69) is 10.3 Å². The number of thioether (sulfide) groups is 1. The zero-order valence-electron chi connectivity index (χ0n) is 10.6. The minimum absolute atomic E-state index is 0.452. The van der Waals surface area contributed by atoms with E-state index < -0.39 is 4.92 Å². The molecule has 0 spiro atoms. The van der Waals surface area contributed by atoms with Crippen LogP contribution in [0, 0.1) is 10.1 Å². The van der Waals surface area contributed by atoms with Crippen LogP contribution in [0.2, 0.25) is 5.02 Å². The summed E-state index contributed by atoms with van der Waals surface area (Å²) in [5.74, 6) is 0. The van der Waals surface area contributed by atoms with E-state index >= 15 is 0 Å². The topological polar surface area (TPSA) is 68.1 Å². The van der Waals surface area contributed by atoms with Gasteiger partial charge < -0.3 is 5.32 Å². The van der Waals surface area contributed by atoms with E-state index in [4.69, 9.17) is 11.6 Å². The van der Waals surface area contributed by atoms with Crippen molar-refractivity contribution in [2.75, 3.05) is 12.8 Å². The van der Waals surface area contributed by atoms with Crippen LogP contribution in [0.15, 0.2) is 29.6 Å². The second-order valence-electron chi connectivity index (χ2n) is 3.80. The van der Waals surface area contributed by atoms with Crippen molar-refractivity contribution in [2.45, 2.75) is 19.3 Å². The number of hydrogen-bond acceptors (Lipinski definition) is 5. The maximum atomic E-state index is 10.3. The number of aromatic nitrogens is 1. The van der Waals surface area contributed by atoms with E-state index in [1.807, 2.05) is 6.07 Å². The van der Waals surface area contributed by atoms with Gasteiger partial charge in [-0.05, 0) is 37.7 Å². The van der Waals surface area contributed by atoms with Crippen molar-refractivity contribution in [3.63, 3.8) is 0 Å². The first-order valence-electron chi connectivity index (χ1n) is 5.86. The minimum Gasteiger partial charge on any atom is -0.375 e. The number of nitrogens with zero attached hydrogens (tertiary/aromatic N) is 2. The number of rotatable bonds is 8. The van der Waals surface area contributed by atoms with E-state index in [1.54, 1.807) is 18.5 Å². The predicted molar refractivity (Wildman–Crippen MR) is 78.8 cm³/mol. The van der Waals surface area contributed by atoms with Gasteiger partial charge >= 0.3 is 0 Å². The van der Waals surface area contributed by atoms with Crippen LogP contribution in [0.25, 0.3) is 0 Å². The highest BCUT2D eigenvalue weighted by atomic mass is 35.5. The first-order chi connectivity index (χ1) is 9.13. The highest BCUT2D eigenvalue weighted by molar-refractivity contribution is 8.02. The molecule has 1 heterocycles. The predicted octanol–water partition coefficient (Wildman–Crippen LogP) is 3.09. The van der Waals surface area contributed by atoms with Gasteiger partial charge in [0.25, 0.3) is 6.20 Å². The summed E-state index contributed by atoms with van der Waals surface area (Å²) in [6.45, 7) is 0.699. The van der Waals surface area contributed by atoms with Gasteiger partial charge in [-0.2, -0.15) is 0 Å². The molecule has 1 aromatic heterocycles. The van der Waals surface area contributed by atoms with Crippen molar-refractivity contribution in [3.8, 4) is 0 Å². The normalized spacial score (nSPS) is 11.4. The fourth-order valence-electron chi connectivity index (χ4n) is 1.50. The molecule has 1 aromatic rings. The SMILES string of the molecule is CS/C(=C/[N+](=O)[O-])NCCCCc1ncccc1Cl. The van der Waals surface area contributed by atoms with Gasteiger partial charge in [0.2, 0.25) is 0 Å². The van der Waals surface area contributed by atoms with Crippen LogP contribution < -0.4 is 5.32 Å². The lowest BCUT2D eigenvalue weighted by Gasteiger charge is -2.06. The molecule has 0 aromatic carbocycles. The maximum Gasteiger partial charge on any atom is 0.263 e. The maximum absolute atomic E-state index is 10.3. The Bertz CT molecular complexity index is 454. The Labute approximate surface area is 121 Å². The molecule has 0 aliphatic heterocycles. The third-order valence-electron chi connectivity index (χ3n) is 2.42. The molecular formula is C12H16ClN3O2S. The first-order valence-corrected chi connectivity index (χ1v) is 7.46. The van der Waals surface area contributed by atoms with E-state index in [0.29, 0.717) is 16.6 Å². The van der Waals surface area contributed by atoms with Crippen LogP contribution in [0.3, 0.4) is 0 Å². The monoisotopic (exact) mass is 301 g/mol. The summed E-state index contributed by atoms with van der Waals surface area (Å²) in [6, 6.07) is 3.63. The summed E-state index contributed by atoms with van der Waals surface area (Å²) in [5.41, 5.74) is 0.898. The van der Waals surface area contributed by atoms with Crippen LogP contribution in [-0.4, -0.2) is 22.7 Å². The van der Waals surface area contributed by atoms with Crippen LogP contribution in [0.1, 0.15) is 18.5 Å². The van der Waals surface area contributed by atoms with Crippen LogP contribution in [-0.2, 0) is 6.42 Å². The summed E-state index contributed by atoms with van der Waals surface area (Å²) in [5, 5.41) is 14.6. The van der Waals surface area contributed by atoms with Gasteiger partial charge in [0.05, 0.1) is 15.6 Å². The summed E-state index contributed by atoms with van der Waals surface area (Å²) in [7, 11) is 0. The van der Waals surface area contributed by atoms with Gasteiger partial charge in [-0.15, -0.1) is 11.8 Å². The highest BCUT2D eigenvalue weighted by Gasteiger charge is 2.02. The molecule has 104 valence electrons. The van der Waals surface area contributed by atoms with Crippen LogP contribution in [0.4, 0.5) is 0 Å². The Morgan fingerprint density at radius 2 is 2.42 bits per heavy atom. The van der Waals surface area contributed by atoms with Crippen molar-refractivity contribution in [2.24, 2.45) is 0 Å². The minimum atomic E-state index is -0.452. The first kappa shape index (κ1) is 15.8. The molecule has 1 rings (SSSR count). The second kappa shape index (κ2) is 8.77. The average molecular weight is 302 g/mol. The molecule has 0 saturated heterocycles. The van der Waals surface area contributed by atoms with Crippen molar-refractivity contribution < 1.29 is 4.92 Å². The van der Waals surface area contributed by atoms with E-state index in [1.165, 1.54) is 11.8 Å². The molecule has 0 aliphatic carbocycles. The molecule has 1 N–H and O–H groups in total. The third-order valence-corrected chi connectivity index (χ3v) is 3.45. The number of halogens is 1. The summed E-state index contributed by atoms with van der Waals surface area (Å²) >= 11 is 7.33. The van der Waals surface area contributed by atoms with Gasteiger partial charge in [-0.1, -0.05) is 11.6 Å². The summed E-state index contributed by atoms with van der Waals surface area (Å²) < 4.78 is 0. The third kappa shape index (κ3) is 6.45. The van der Waals surface area contributed by atoms with E-state index in [9.17, 15) is 10.1 Å². The van der Waals surface area contributed by atoms with Gasteiger partial charge in [0, 0.05) is 12.7 Å². The molecule has 19 heavy (non-hydrogen) atoms. The van der Waals surface area contributed by atoms with E-state index in [-0.39, 0.29) is 0 Å². The van der Waals surface area contributed by atoms with Gasteiger partial charge in [-0.25, -0.2) is 0 Å². The van der Waals surface area contributed by atoms with Crippen molar-refractivity contribution in [3.05, 3.63) is 50.4 Å². The van der Waals surface area contributed by atoms with Gasteiger partial charge in [0.15, 0.2) is 0 Å². The van der Waals surface area contributed by atoms with Crippen molar-refractivity contribution in [1.29, 1.82) is 0 Å². The zero-order valence-corrected chi connectivity index (χ0v) is 12.2. The molecule has 0 radical (unpaired) electrons. The second-order valence-corrected chi connectivity index (χ2v) is 5.05. The average Bonchev–Trinajstić information content (AvgIpc) is 2.38. The Balaban J connectivity index is 2.25. The van der Waals surface area contributed by atoms with Crippen molar-refractivity contribution >= 4 is 23.4 Å². The molecule has 0 amide bonds. The van der Waals surface area contributed by atoms with Crippen LogP contribution in [0.5, 0.6) is 0 Å². The number of nitrogens with one attached hydrogen (secondary N) is 1. The summed E-state index contributed by atoms with van der Waals surface area (Å²) in [6.07, 6.45) is 7.17. The number of hydrogen-bond donors (Lipinski definition) is 1.